The lowest BCUT2D eigenvalue weighted by molar-refractivity contribution is -0.145. The van der Waals surface area contributed by atoms with Crippen LogP contribution in [0.4, 0.5) is 4.79 Å². The molecule has 0 aromatic rings. The van der Waals surface area contributed by atoms with Crippen molar-refractivity contribution in [1.82, 2.24) is 4.90 Å². The Balaban J connectivity index is 2.76. The maximum atomic E-state index is 11.8. The summed E-state index contributed by atoms with van der Waals surface area (Å²) in [6.07, 6.45) is -0.573. The fourth-order valence-corrected chi connectivity index (χ4v) is 1.83. The zero-order valence-corrected chi connectivity index (χ0v) is 10.6. The van der Waals surface area contributed by atoms with Crippen LogP contribution in [0.5, 0.6) is 0 Å². The molecule has 6 nitrogen and oxygen atoms in total. The lowest BCUT2D eigenvalue weighted by Gasteiger charge is -2.27. The normalized spacial score (nSPS) is 24.8. The third-order valence-corrected chi connectivity index (χ3v) is 2.53. The second-order valence-electron chi connectivity index (χ2n) is 5.02. The fourth-order valence-electron chi connectivity index (χ4n) is 1.83. The van der Waals surface area contributed by atoms with Crippen LogP contribution in [0.15, 0.2) is 0 Å². The van der Waals surface area contributed by atoms with Crippen molar-refractivity contribution in [3.63, 3.8) is 0 Å². The number of likely N-dealkylation sites (tertiary alicyclic amines) is 1. The smallest absolute Gasteiger partial charge is 0.411 e. The predicted octanol–water partition coefficient (Wildman–Crippen LogP) is 1.10. The maximum Gasteiger partial charge on any atom is 0.411 e. The molecular formula is C11H19NO5. The van der Waals surface area contributed by atoms with Gasteiger partial charge in [0.05, 0.1) is 6.10 Å². The Morgan fingerprint density at radius 2 is 1.94 bits per heavy atom. The Kier molecular flexibility index (Phi) is 3.98. The molecule has 0 bridgehead atoms. The molecule has 6 heteroatoms. The summed E-state index contributed by atoms with van der Waals surface area (Å²) in [5.41, 5.74) is -0.634. The van der Waals surface area contributed by atoms with Gasteiger partial charge in [-0.25, -0.2) is 9.59 Å². The van der Waals surface area contributed by atoms with Gasteiger partial charge in [0.1, 0.15) is 5.60 Å². The largest absolute Gasteiger partial charge is 0.480 e. The minimum atomic E-state index is -1.07. The number of carbonyl (C=O) groups is 2. The monoisotopic (exact) mass is 245 g/mol. The van der Waals surface area contributed by atoms with Gasteiger partial charge in [-0.15, -0.1) is 0 Å². The topological polar surface area (TPSA) is 76.1 Å². The zero-order chi connectivity index (χ0) is 13.2. The lowest BCUT2D eigenvalue weighted by Crippen LogP contribution is -2.47. The van der Waals surface area contributed by atoms with Crippen LogP contribution in [0.3, 0.4) is 0 Å². The van der Waals surface area contributed by atoms with Crippen molar-refractivity contribution in [2.24, 2.45) is 0 Å². The molecule has 98 valence electrons. The molecule has 0 spiro atoms. The second-order valence-corrected chi connectivity index (χ2v) is 5.02. The third kappa shape index (κ3) is 3.33. The summed E-state index contributed by atoms with van der Waals surface area (Å²) in [5.74, 6) is -1.07. The van der Waals surface area contributed by atoms with Crippen LogP contribution in [0.2, 0.25) is 0 Å². The average molecular weight is 245 g/mol. The van der Waals surface area contributed by atoms with Crippen molar-refractivity contribution < 1.29 is 24.2 Å². The number of hydrogen-bond acceptors (Lipinski definition) is 4. The van der Waals surface area contributed by atoms with Gasteiger partial charge in [0, 0.05) is 13.7 Å². The van der Waals surface area contributed by atoms with Gasteiger partial charge in [-0.2, -0.15) is 0 Å². The average Bonchev–Trinajstić information content (AvgIpc) is 2.57. The molecule has 0 aromatic heterocycles. The van der Waals surface area contributed by atoms with Crippen LogP contribution < -0.4 is 0 Å². The highest BCUT2D eigenvalue weighted by molar-refractivity contribution is 5.81. The number of methoxy groups -OCH3 is 1. The Bertz CT molecular complexity index is 309. The fraction of sp³-hybridized carbons (Fsp3) is 0.818. The first-order chi connectivity index (χ1) is 7.76. The highest BCUT2D eigenvalue weighted by Crippen LogP contribution is 2.23. The number of carboxylic acid groups (broad SMARTS) is 1. The molecule has 1 saturated heterocycles. The summed E-state index contributed by atoms with van der Waals surface area (Å²) < 4.78 is 10.2. The first-order valence-electron chi connectivity index (χ1n) is 5.51. The first-order valence-corrected chi connectivity index (χ1v) is 5.51. The third-order valence-electron chi connectivity index (χ3n) is 2.53. The molecule has 0 radical (unpaired) electrons. The van der Waals surface area contributed by atoms with E-state index in [4.69, 9.17) is 14.6 Å². The summed E-state index contributed by atoms with van der Waals surface area (Å²) in [4.78, 5) is 24.2. The molecule has 1 N–H and O–H groups in total. The first kappa shape index (κ1) is 13.8. The minimum Gasteiger partial charge on any atom is -0.480 e. The van der Waals surface area contributed by atoms with Crippen LogP contribution >= 0.6 is 0 Å². The standard InChI is InChI=1S/C11H19NO5/c1-11(2,3)17-10(15)12-6-5-7(16-4)8(12)9(13)14/h7-8H,5-6H2,1-4H3,(H,13,14)/t7?,8-/m1/s1. The number of ether oxygens (including phenoxy) is 2. The van der Waals surface area contributed by atoms with Gasteiger partial charge in [-0.3, -0.25) is 4.90 Å². The molecule has 1 heterocycles. The Labute approximate surface area is 100 Å². The van der Waals surface area contributed by atoms with E-state index in [1.54, 1.807) is 20.8 Å². The van der Waals surface area contributed by atoms with Crippen molar-refractivity contribution in [2.75, 3.05) is 13.7 Å². The molecule has 0 saturated carbocycles. The SMILES string of the molecule is COC1CCN(C(=O)OC(C)(C)C)[C@H]1C(=O)O. The van der Waals surface area contributed by atoms with E-state index in [0.29, 0.717) is 13.0 Å². The molecule has 0 aromatic carbocycles. The highest BCUT2D eigenvalue weighted by atomic mass is 16.6. The number of nitrogens with zero attached hydrogens (tertiary/aromatic N) is 1. The summed E-state index contributed by atoms with van der Waals surface area (Å²) in [7, 11) is 1.44. The summed E-state index contributed by atoms with van der Waals surface area (Å²) in [6, 6.07) is -0.963. The van der Waals surface area contributed by atoms with E-state index in [0.717, 1.165) is 0 Å². The quantitative estimate of drug-likeness (QED) is 0.788. The highest BCUT2D eigenvalue weighted by Gasteiger charge is 2.43. The van der Waals surface area contributed by atoms with E-state index < -0.39 is 29.8 Å². The summed E-state index contributed by atoms with van der Waals surface area (Å²) in [6.45, 7) is 5.56. The van der Waals surface area contributed by atoms with Crippen LogP contribution in [0.25, 0.3) is 0 Å². The molecule has 1 aliphatic heterocycles. The van der Waals surface area contributed by atoms with Crippen LogP contribution in [0, 0.1) is 0 Å². The van der Waals surface area contributed by atoms with Gasteiger partial charge in [-0.1, -0.05) is 0 Å². The molecular weight excluding hydrogens is 226 g/mol. The van der Waals surface area contributed by atoms with Gasteiger partial charge < -0.3 is 14.6 Å². The Hall–Kier alpha value is -1.30. The predicted molar refractivity (Wildman–Crippen MR) is 59.8 cm³/mol. The van der Waals surface area contributed by atoms with E-state index in [1.165, 1.54) is 12.0 Å². The van der Waals surface area contributed by atoms with E-state index in [1.807, 2.05) is 0 Å². The minimum absolute atomic E-state index is 0.338. The van der Waals surface area contributed by atoms with E-state index in [9.17, 15) is 9.59 Å². The zero-order valence-electron chi connectivity index (χ0n) is 10.6. The van der Waals surface area contributed by atoms with Gasteiger partial charge in [0.2, 0.25) is 0 Å². The molecule has 1 aliphatic rings. The van der Waals surface area contributed by atoms with E-state index in [2.05, 4.69) is 0 Å². The van der Waals surface area contributed by atoms with Crippen molar-refractivity contribution in [3.8, 4) is 0 Å². The Morgan fingerprint density at radius 3 is 2.35 bits per heavy atom. The van der Waals surface area contributed by atoms with Gasteiger partial charge >= 0.3 is 12.1 Å². The molecule has 1 unspecified atom stereocenters. The summed E-state index contributed by atoms with van der Waals surface area (Å²) >= 11 is 0. The molecule has 2 atom stereocenters. The summed E-state index contributed by atoms with van der Waals surface area (Å²) in [5, 5.41) is 9.10. The second kappa shape index (κ2) is 4.91. The number of rotatable bonds is 2. The molecule has 0 aliphatic carbocycles. The number of carboxylic acids is 1. The number of hydrogen-bond donors (Lipinski definition) is 1. The lowest BCUT2D eigenvalue weighted by atomic mass is 10.2. The van der Waals surface area contributed by atoms with Gasteiger partial charge in [-0.05, 0) is 27.2 Å². The van der Waals surface area contributed by atoms with E-state index in [-0.39, 0.29) is 0 Å². The Morgan fingerprint density at radius 1 is 1.35 bits per heavy atom. The molecule has 1 fully saturated rings. The molecule has 1 rings (SSSR count). The van der Waals surface area contributed by atoms with Crippen molar-refractivity contribution in [1.29, 1.82) is 0 Å². The van der Waals surface area contributed by atoms with Crippen molar-refractivity contribution in [3.05, 3.63) is 0 Å². The maximum absolute atomic E-state index is 11.8. The van der Waals surface area contributed by atoms with Gasteiger partial charge in [0.25, 0.3) is 0 Å². The van der Waals surface area contributed by atoms with Crippen LogP contribution in [-0.2, 0) is 14.3 Å². The van der Waals surface area contributed by atoms with Crippen molar-refractivity contribution in [2.45, 2.75) is 44.9 Å². The van der Waals surface area contributed by atoms with Crippen LogP contribution in [0.1, 0.15) is 27.2 Å². The number of amides is 1. The van der Waals surface area contributed by atoms with E-state index >= 15 is 0 Å². The van der Waals surface area contributed by atoms with Crippen LogP contribution in [-0.4, -0.2) is 53.5 Å². The number of aliphatic carboxylic acids is 1. The van der Waals surface area contributed by atoms with Gasteiger partial charge in [0.15, 0.2) is 6.04 Å². The molecule has 17 heavy (non-hydrogen) atoms. The molecule has 1 amide bonds. The van der Waals surface area contributed by atoms with Crippen molar-refractivity contribution >= 4 is 12.1 Å². The number of carbonyl (C=O) groups excluding carboxylic acids is 1.